The Morgan fingerprint density at radius 2 is 1.79 bits per heavy atom. The summed E-state index contributed by atoms with van der Waals surface area (Å²) in [5.41, 5.74) is 0.341. The minimum Gasteiger partial charge on any atom is -0.478 e. The van der Waals surface area contributed by atoms with Crippen LogP contribution in [-0.4, -0.2) is 47.1 Å². The molecule has 0 saturated carbocycles. The third kappa shape index (κ3) is 16.3. The number of esters is 1. The molecule has 0 aliphatic rings. The Balaban J connectivity index is 0. The van der Waals surface area contributed by atoms with Crippen LogP contribution in [0.25, 0.3) is 0 Å². The first-order chi connectivity index (χ1) is 8.99. The van der Waals surface area contributed by atoms with Crippen LogP contribution < -0.4 is 0 Å². The molecule has 19 heavy (non-hydrogen) atoms. The van der Waals surface area contributed by atoms with Gasteiger partial charge in [0.1, 0.15) is 0 Å². The predicted octanol–water partition coefficient (Wildman–Crippen LogP) is 0.888. The summed E-state index contributed by atoms with van der Waals surface area (Å²) in [7, 11) is 0. The van der Waals surface area contributed by atoms with Gasteiger partial charge in [0.2, 0.25) is 0 Å². The number of unbranched alkanes of at least 4 members (excludes halogenated alkanes) is 1. The molecule has 0 aliphatic heterocycles. The highest BCUT2D eigenvalue weighted by Gasteiger charge is 1.96. The van der Waals surface area contributed by atoms with Gasteiger partial charge in [0.15, 0.2) is 0 Å². The Morgan fingerprint density at radius 1 is 1.21 bits per heavy atom. The first-order valence-electron chi connectivity index (χ1n) is 5.90. The summed E-state index contributed by atoms with van der Waals surface area (Å²) >= 11 is 0. The number of aliphatic hydroxyl groups excluding tert-OH is 2. The Kier molecular flexibility index (Phi) is 14.9. The molecule has 0 aromatic carbocycles. The summed E-state index contributed by atoms with van der Waals surface area (Å²) < 4.78 is 4.51. The molecule has 6 heteroatoms. The minimum absolute atomic E-state index is 0.0461. The Bertz CT molecular complexity index is 296. The number of carbonyl (C=O) groups is 2. The minimum atomic E-state index is -0.891. The highest BCUT2D eigenvalue weighted by Crippen LogP contribution is 1.97. The van der Waals surface area contributed by atoms with Crippen molar-refractivity contribution in [1.29, 1.82) is 0 Å². The Morgan fingerprint density at radius 3 is 2.21 bits per heavy atom. The van der Waals surface area contributed by atoms with Gasteiger partial charge in [-0.2, -0.15) is 0 Å². The highest BCUT2D eigenvalue weighted by atomic mass is 16.5. The van der Waals surface area contributed by atoms with Crippen LogP contribution in [0.3, 0.4) is 0 Å². The van der Waals surface area contributed by atoms with Crippen LogP contribution in [0.1, 0.15) is 26.2 Å². The molecule has 0 amide bonds. The molecule has 0 aromatic heterocycles. The molecular formula is C13H22O6. The maximum Gasteiger partial charge on any atom is 0.330 e. The van der Waals surface area contributed by atoms with E-state index in [0.29, 0.717) is 24.8 Å². The fourth-order valence-electron chi connectivity index (χ4n) is 0.793. The van der Waals surface area contributed by atoms with Crippen molar-refractivity contribution in [1.82, 2.24) is 0 Å². The third-order valence-electron chi connectivity index (χ3n) is 1.86. The summed E-state index contributed by atoms with van der Waals surface area (Å²) in [6, 6.07) is 0. The first kappa shape index (κ1) is 19.7. The summed E-state index contributed by atoms with van der Waals surface area (Å²) in [4.78, 5) is 20.4. The summed E-state index contributed by atoms with van der Waals surface area (Å²) in [5, 5.41) is 24.9. The molecule has 6 nitrogen and oxygen atoms in total. The second-order valence-electron chi connectivity index (χ2n) is 3.51. The van der Waals surface area contributed by atoms with Crippen molar-refractivity contribution < 1.29 is 29.6 Å². The van der Waals surface area contributed by atoms with Gasteiger partial charge in [0, 0.05) is 31.3 Å². The van der Waals surface area contributed by atoms with Crippen LogP contribution in [0, 0.1) is 0 Å². The second kappa shape index (κ2) is 14.4. The van der Waals surface area contributed by atoms with Crippen molar-refractivity contribution in [2.24, 2.45) is 0 Å². The largest absolute Gasteiger partial charge is 0.478 e. The number of carbonyl (C=O) groups excluding carboxylic acids is 1. The predicted molar refractivity (Wildman–Crippen MR) is 70.6 cm³/mol. The van der Waals surface area contributed by atoms with E-state index in [1.54, 1.807) is 13.0 Å². The molecular weight excluding hydrogens is 252 g/mol. The average Bonchev–Trinajstić information content (AvgIpc) is 2.39. The normalized spacial score (nSPS) is 10.2. The van der Waals surface area contributed by atoms with Crippen LogP contribution in [0.4, 0.5) is 0 Å². The average molecular weight is 274 g/mol. The molecule has 3 N–H and O–H groups in total. The van der Waals surface area contributed by atoms with Crippen LogP contribution in [0.5, 0.6) is 0 Å². The van der Waals surface area contributed by atoms with E-state index >= 15 is 0 Å². The van der Waals surface area contributed by atoms with Crippen molar-refractivity contribution >= 4 is 11.9 Å². The van der Waals surface area contributed by atoms with E-state index in [2.05, 4.69) is 11.3 Å². The molecule has 0 aliphatic carbocycles. The molecule has 0 aromatic rings. The molecule has 0 atom stereocenters. The van der Waals surface area contributed by atoms with Crippen LogP contribution in [-0.2, 0) is 14.3 Å². The second-order valence-corrected chi connectivity index (χ2v) is 3.51. The van der Waals surface area contributed by atoms with Crippen LogP contribution in [0.15, 0.2) is 24.3 Å². The van der Waals surface area contributed by atoms with Crippen molar-refractivity contribution in [3.63, 3.8) is 0 Å². The van der Waals surface area contributed by atoms with Gasteiger partial charge < -0.3 is 20.1 Å². The lowest BCUT2D eigenvalue weighted by Gasteiger charge is -1.96. The molecule has 0 radical (unpaired) electrons. The molecule has 0 heterocycles. The van der Waals surface area contributed by atoms with E-state index in [-0.39, 0.29) is 19.8 Å². The van der Waals surface area contributed by atoms with Gasteiger partial charge in [-0.15, -0.1) is 0 Å². The number of aliphatic hydroxyl groups is 2. The van der Waals surface area contributed by atoms with Crippen LogP contribution >= 0.6 is 0 Å². The van der Waals surface area contributed by atoms with Gasteiger partial charge in [-0.1, -0.05) is 12.7 Å². The van der Waals surface area contributed by atoms with Crippen molar-refractivity contribution in [2.45, 2.75) is 26.2 Å². The number of ether oxygens (including phenoxy) is 1. The number of hydrogen-bond acceptors (Lipinski definition) is 5. The number of aliphatic carboxylic acids is 1. The van der Waals surface area contributed by atoms with Gasteiger partial charge in [-0.25, -0.2) is 9.59 Å². The SMILES string of the molecule is C=CC(=O)OCCCO.CC(=CCCCO)C(=O)O. The Hall–Kier alpha value is -1.66. The van der Waals surface area contributed by atoms with Gasteiger partial charge in [0.05, 0.1) is 6.61 Å². The van der Waals surface area contributed by atoms with Gasteiger partial charge in [-0.05, 0) is 19.8 Å². The molecule has 0 fully saturated rings. The smallest absolute Gasteiger partial charge is 0.330 e. The lowest BCUT2D eigenvalue weighted by molar-refractivity contribution is -0.138. The number of rotatable bonds is 8. The molecule has 0 spiro atoms. The zero-order valence-corrected chi connectivity index (χ0v) is 11.2. The van der Waals surface area contributed by atoms with Crippen molar-refractivity contribution in [2.75, 3.05) is 19.8 Å². The number of allylic oxidation sites excluding steroid dienone is 1. The summed E-state index contributed by atoms with van der Waals surface area (Å²) in [5.74, 6) is -1.33. The molecule has 110 valence electrons. The topological polar surface area (TPSA) is 104 Å². The van der Waals surface area contributed by atoms with E-state index in [1.807, 2.05) is 0 Å². The van der Waals surface area contributed by atoms with E-state index in [4.69, 9.17) is 15.3 Å². The monoisotopic (exact) mass is 274 g/mol. The maximum absolute atomic E-state index is 10.3. The lowest BCUT2D eigenvalue weighted by Crippen LogP contribution is -2.02. The zero-order chi connectivity index (χ0) is 15.1. The van der Waals surface area contributed by atoms with E-state index in [9.17, 15) is 9.59 Å². The quantitative estimate of drug-likeness (QED) is 0.345. The number of carboxylic acid groups (broad SMARTS) is 1. The highest BCUT2D eigenvalue weighted by molar-refractivity contribution is 5.85. The lowest BCUT2D eigenvalue weighted by atomic mass is 10.2. The van der Waals surface area contributed by atoms with Crippen LogP contribution in [0.2, 0.25) is 0 Å². The molecule has 0 bridgehead atoms. The van der Waals surface area contributed by atoms with Crippen molar-refractivity contribution in [3.05, 3.63) is 24.3 Å². The van der Waals surface area contributed by atoms with Gasteiger partial charge in [0.25, 0.3) is 0 Å². The van der Waals surface area contributed by atoms with Crippen molar-refractivity contribution in [3.8, 4) is 0 Å². The van der Waals surface area contributed by atoms with E-state index in [0.717, 1.165) is 6.08 Å². The van der Waals surface area contributed by atoms with E-state index < -0.39 is 11.9 Å². The van der Waals surface area contributed by atoms with E-state index in [1.165, 1.54) is 0 Å². The fraction of sp³-hybridized carbons (Fsp3) is 0.538. The molecule has 0 saturated heterocycles. The summed E-state index contributed by atoms with van der Waals surface area (Å²) in [6.07, 6.45) is 4.45. The standard InChI is InChI=1S/C7H12O3.C6H10O3/c1-6(7(9)10)4-2-3-5-8;1-2-6(8)9-5-3-4-7/h4,8H,2-3,5H2,1H3,(H,9,10);2,7H,1,3-5H2. The zero-order valence-electron chi connectivity index (χ0n) is 11.2. The fourth-order valence-corrected chi connectivity index (χ4v) is 0.793. The molecule has 0 unspecified atom stereocenters. The number of carboxylic acids is 1. The number of hydrogen-bond donors (Lipinski definition) is 3. The Labute approximate surface area is 113 Å². The third-order valence-corrected chi connectivity index (χ3v) is 1.86. The van der Waals surface area contributed by atoms with Gasteiger partial charge >= 0.3 is 11.9 Å². The first-order valence-corrected chi connectivity index (χ1v) is 5.90. The van der Waals surface area contributed by atoms with Gasteiger partial charge in [-0.3, -0.25) is 0 Å². The molecule has 0 rings (SSSR count). The maximum atomic E-state index is 10.3. The summed E-state index contributed by atoms with van der Waals surface area (Å²) in [6.45, 7) is 5.17.